The number of allylic oxidation sites excluding steroid dienone is 2. The van der Waals surface area contributed by atoms with Crippen LogP contribution in [-0.2, 0) is 9.59 Å². The molecule has 2 fully saturated rings. The van der Waals surface area contributed by atoms with Crippen molar-refractivity contribution in [3.63, 3.8) is 0 Å². The molecule has 3 N–H and O–H groups in total. The molecule has 0 aromatic rings. The molecule has 0 aromatic heterocycles. The molecular weight excluding hydrogens is 368 g/mol. The van der Waals surface area contributed by atoms with E-state index < -0.39 is 12.1 Å². The van der Waals surface area contributed by atoms with Crippen LogP contribution in [0, 0.1) is 17.3 Å². The van der Waals surface area contributed by atoms with Gasteiger partial charge in [0.05, 0.1) is 12.2 Å². The first-order valence-electron chi connectivity index (χ1n) is 11.3. The Labute approximate surface area is 174 Å². The molecule has 0 saturated heterocycles. The number of unbranched alkanes of at least 4 members (excludes halogenated alkanes) is 2. The van der Waals surface area contributed by atoms with Crippen LogP contribution in [0.15, 0.2) is 24.3 Å². The maximum atomic E-state index is 12.3. The summed E-state index contributed by atoms with van der Waals surface area (Å²) in [7, 11) is 0. The van der Waals surface area contributed by atoms with Crippen LogP contribution < -0.4 is 0 Å². The van der Waals surface area contributed by atoms with E-state index in [-0.39, 0.29) is 42.0 Å². The third-order valence-electron chi connectivity index (χ3n) is 6.85. The molecule has 1 unspecified atom stereocenters. The topological polar surface area (TPSA) is 94.8 Å². The van der Waals surface area contributed by atoms with Gasteiger partial charge in [-0.2, -0.15) is 0 Å². The van der Waals surface area contributed by atoms with E-state index in [0.29, 0.717) is 25.7 Å². The number of carboxylic acid groups (broad SMARTS) is 1. The number of carbonyl (C=O) groups excluding carboxylic acids is 1. The maximum Gasteiger partial charge on any atom is 0.303 e. The highest BCUT2D eigenvalue weighted by molar-refractivity contribution is 5.84. The summed E-state index contributed by atoms with van der Waals surface area (Å²) in [6, 6.07) is 0. The fourth-order valence-electron chi connectivity index (χ4n) is 4.78. The number of carbonyl (C=O) groups is 2. The molecule has 0 aromatic carbocycles. The SMILES string of the molecule is CCCCC1(C(O)CC=C[C@H]2[C@H](O)CC(=O)[C@@H]2CC=CCCCC(=O)O)CCC1. The molecule has 2 saturated carbocycles. The Hall–Kier alpha value is -1.46. The van der Waals surface area contributed by atoms with Crippen molar-refractivity contribution in [1.82, 2.24) is 0 Å². The lowest BCUT2D eigenvalue weighted by molar-refractivity contribution is -0.137. The van der Waals surface area contributed by atoms with Gasteiger partial charge in [0.15, 0.2) is 0 Å². The number of aliphatic hydroxyl groups is 2. The van der Waals surface area contributed by atoms with Gasteiger partial charge in [0.2, 0.25) is 0 Å². The summed E-state index contributed by atoms with van der Waals surface area (Å²) in [6.45, 7) is 2.18. The number of aliphatic hydroxyl groups excluding tert-OH is 2. The zero-order valence-corrected chi connectivity index (χ0v) is 17.8. The largest absolute Gasteiger partial charge is 0.481 e. The van der Waals surface area contributed by atoms with Gasteiger partial charge in [-0.3, -0.25) is 9.59 Å². The molecule has 0 bridgehead atoms. The molecule has 0 amide bonds. The number of carboxylic acids is 1. The molecule has 0 radical (unpaired) electrons. The minimum absolute atomic E-state index is 0.0720. The number of ketones is 1. The molecule has 2 aliphatic rings. The third-order valence-corrected chi connectivity index (χ3v) is 6.85. The Bertz CT molecular complexity index is 590. The molecule has 2 aliphatic carbocycles. The first-order chi connectivity index (χ1) is 13.9. The van der Waals surface area contributed by atoms with Crippen molar-refractivity contribution in [2.45, 2.75) is 96.2 Å². The van der Waals surface area contributed by atoms with Gasteiger partial charge in [-0.25, -0.2) is 0 Å². The highest BCUT2D eigenvalue weighted by atomic mass is 16.4. The smallest absolute Gasteiger partial charge is 0.303 e. The van der Waals surface area contributed by atoms with Gasteiger partial charge >= 0.3 is 5.97 Å². The second-order valence-electron chi connectivity index (χ2n) is 8.91. The summed E-state index contributed by atoms with van der Waals surface area (Å²) in [6.07, 6.45) is 16.3. The molecule has 5 nitrogen and oxygen atoms in total. The summed E-state index contributed by atoms with van der Waals surface area (Å²) >= 11 is 0. The van der Waals surface area contributed by atoms with Gasteiger partial charge in [0.1, 0.15) is 5.78 Å². The van der Waals surface area contributed by atoms with Gasteiger partial charge in [-0.1, -0.05) is 50.5 Å². The Kier molecular flexibility index (Phi) is 9.57. The van der Waals surface area contributed by atoms with Gasteiger partial charge in [0.25, 0.3) is 0 Å². The number of rotatable bonds is 13. The van der Waals surface area contributed by atoms with Crippen molar-refractivity contribution in [2.75, 3.05) is 0 Å². The molecule has 5 heteroatoms. The first kappa shape index (κ1) is 23.8. The van der Waals surface area contributed by atoms with Crippen LogP contribution in [0.4, 0.5) is 0 Å². The van der Waals surface area contributed by atoms with Gasteiger partial charge in [-0.05, 0) is 50.4 Å². The molecule has 0 aliphatic heterocycles. The Morgan fingerprint density at radius 1 is 1.24 bits per heavy atom. The van der Waals surface area contributed by atoms with E-state index in [4.69, 9.17) is 5.11 Å². The Morgan fingerprint density at radius 2 is 2.00 bits per heavy atom. The summed E-state index contributed by atoms with van der Waals surface area (Å²) in [4.78, 5) is 22.8. The fourth-order valence-corrected chi connectivity index (χ4v) is 4.78. The highest BCUT2D eigenvalue weighted by Gasteiger charge is 2.42. The average Bonchev–Trinajstić information content (AvgIpc) is 2.90. The van der Waals surface area contributed by atoms with Crippen molar-refractivity contribution < 1.29 is 24.9 Å². The lowest BCUT2D eigenvalue weighted by atomic mass is 9.62. The van der Waals surface area contributed by atoms with Crippen LogP contribution in [0.2, 0.25) is 0 Å². The minimum atomic E-state index is -0.793. The number of aliphatic carboxylic acids is 1. The summed E-state index contributed by atoms with van der Waals surface area (Å²) < 4.78 is 0. The van der Waals surface area contributed by atoms with Crippen LogP contribution in [-0.4, -0.2) is 39.3 Å². The van der Waals surface area contributed by atoms with E-state index in [0.717, 1.165) is 32.1 Å². The van der Waals surface area contributed by atoms with Crippen LogP contribution in [0.3, 0.4) is 0 Å². The number of hydrogen-bond donors (Lipinski definition) is 3. The predicted molar refractivity (Wildman–Crippen MR) is 113 cm³/mol. The molecule has 0 heterocycles. The highest BCUT2D eigenvalue weighted by Crippen LogP contribution is 2.49. The van der Waals surface area contributed by atoms with Crippen molar-refractivity contribution in [3.05, 3.63) is 24.3 Å². The van der Waals surface area contributed by atoms with Crippen molar-refractivity contribution in [1.29, 1.82) is 0 Å². The van der Waals surface area contributed by atoms with Crippen molar-refractivity contribution >= 4 is 11.8 Å². The quantitative estimate of drug-likeness (QED) is 0.311. The Balaban J connectivity index is 1.85. The van der Waals surface area contributed by atoms with Crippen LogP contribution in [0.1, 0.15) is 84.0 Å². The predicted octanol–water partition coefficient (Wildman–Crippen LogP) is 4.42. The molecule has 164 valence electrons. The van der Waals surface area contributed by atoms with E-state index in [1.54, 1.807) is 0 Å². The molecule has 29 heavy (non-hydrogen) atoms. The Morgan fingerprint density at radius 3 is 2.62 bits per heavy atom. The van der Waals surface area contributed by atoms with Crippen LogP contribution in [0.25, 0.3) is 0 Å². The zero-order chi connectivity index (χ0) is 21.3. The number of hydrogen-bond acceptors (Lipinski definition) is 4. The lowest BCUT2D eigenvalue weighted by Gasteiger charge is -2.45. The van der Waals surface area contributed by atoms with E-state index in [2.05, 4.69) is 6.92 Å². The maximum absolute atomic E-state index is 12.3. The lowest BCUT2D eigenvalue weighted by Crippen LogP contribution is -2.41. The molecule has 4 atom stereocenters. The average molecular weight is 407 g/mol. The first-order valence-corrected chi connectivity index (χ1v) is 11.3. The molecular formula is C24H38O5. The van der Waals surface area contributed by atoms with Gasteiger partial charge in [-0.15, -0.1) is 0 Å². The summed E-state index contributed by atoms with van der Waals surface area (Å²) in [5, 5.41) is 29.7. The minimum Gasteiger partial charge on any atom is -0.481 e. The monoisotopic (exact) mass is 406 g/mol. The second-order valence-corrected chi connectivity index (χ2v) is 8.91. The third kappa shape index (κ3) is 6.78. The van der Waals surface area contributed by atoms with Crippen LogP contribution in [0.5, 0.6) is 0 Å². The standard InChI is InChI=1S/C24H38O5/c1-2-3-14-24(15-9-16-24)22(27)12-8-11-19-18(20(25)17-21(19)26)10-6-4-5-7-13-23(28)29/h4,6,8,11,18-19,21-22,26-27H,2-3,5,7,9-10,12-17H2,1H3,(H,28,29)/t18-,19-,21-,22?/m1/s1. The van der Waals surface area contributed by atoms with E-state index >= 15 is 0 Å². The van der Waals surface area contributed by atoms with Crippen molar-refractivity contribution in [2.24, 2.45) is 17.3 Å². The van der Waals surface area contributed by atoms with Crippen LogP contribution >= 0.6 is 0 Å². The fraction of sp³-hybridized carbons (Fsp3) is 0.750. The van der Waals surface area contributed by atoms with Gasteiger partial charge in [0, 0.05) is 24.7 Å². The summed E-state index contributed by atoms with van der Waals surface area (Å²) in [5.41, 5.74) is 0.0720. The van der Waals surface area contributed by atoms with E-state index in [1.807, 2.05) is 24.3 Å². The molecule has 2 rings (SSSR count). The second kappa shape index (κ2) is 11.7. The molecule has 0 spiro atoms. The normalized spacial score (nSPS) is 27.6. The number of Topliss-reactive ketones (excluding diaryl/α,β-unsaturated/α-hetero) is 1. The summed E-state index contributed by atoms with van der Waals surface area (Å²) in [5.74, 6) is -1.14. The van der Waals surface area contributed by atoms with Gasteiger partial charge < -0.3 is 15.3 Å². The van der Waals surface area contributed by atoms with E-state index in [9.17, 15) is 19.8 Å². The van der Waals surface area contributed by atoms with E-state index in [1.165, 1.54) is 6.42 Å². The zero-order valence-electron chi connectivity index (χ0n) is 17.8. The van der Waals surface area contributed by atoms with Crippen molar-refractivity contribution in [3.8, 4) is 0 Å².